The zero-order chi connectivity index (χ0) is 20.0. The molecular weight excluding hydrogens is 397 g/mol. The lowest BCUT2D eigenvalue weighted by Crippen LogP contribution is -2.41. The Kier molecular flexibility index (Phi) is 4.65. The predicted octanol–water partition coefficient (Wildman–Crippen LogP) is 3.74. The van der Waals surface area contributed by atoms with E-state index in [1.165, 1.54) is 37.6 Å². The second kappa shape index (κ2) is 6.54. The van der Waals surface area contributed by atoms with Crippen LogP contribution in [0.2, 0.25) is 5.02 Å². The van der Waals surface area contributed by atoms with Gasteiger partial charge in [-0.15, -0.1) is 0 Å². The van der Waals surface area contributed by atoms with Crippen molar-refractivity contribution in [2.45, 2.75) is 16.6 Å². The molecule has 0 spiro atoms. The molecule has 0 amide bonds. The predicted molar refractivity (Wildman–Crippen MR) is 98.4 cm³/mol. The third-order valence-electron chi connectivity index (χ3n) is 4.52. The van der Waals surface area contributed by atoms with Crippen LogP contribution in [0.4, 0.5) is 4.39 Å². The summed E-state index contributed by atoms with van der Waals surface area (Å²) < 4.78 is 43.2. The minimum atomic E-state index is -4.54. The van der Waals surface area contributed by atoms with E-state index in [0.717, 1.165) is 19.1 Å². The molecule has 6 nitrogen and oxygen atoms in total. The van der Waals surface area contributed by atoms with E-state index in [0.29, 0.717) is 5.52 Å². The first-order valence-corrected chi connectivity index (χ1v) is 9.57. The van der Waals surface area contributed by atoms with Crippen molar-refractivity contribution < 1.29 is 27.4 Å². The summed E-state index contributed by atoms with van der Waals surface area (Å²) in [5, 5.41) is 10.2. The third kappa shape index (κ3) is 2.85. The van der Waals surface area contributed by atoms with Gasteiger partial charge in [-0.1, -0.05) is 11.6 Å². The molecule has 0 aliphatic rings. The Balaban J connectivity index is 2.36. The maximum absolute atomic E-state index is 13.7. The number of carboxylic acid groups (broad SMARTS) is 1. The molecule has 0 fully saturated rings. The van der Waals surface area contributed by atoms with Gasteiger partial charge in [-0.05, 0) is 43.3 Å². The van der Waals surface area contributed by atoms with Crippen LogP contribution in [0.15, 0.2) is 47.5 Å². The van der Waals surface area contributed by atoms with Crippen molar-refractivity contribution in [3.8, 4) is 5.75 Å². The second-order valence-corrected chi connectivity index (χ2v) is 8.73. The Labute approximate surface area is 159 Å². The molecule has 1 atom stereocenters. The van der Waals surface area contributed by atoms with E-state index >= 15 is 0 Å². The average Bonchev–Trinajstić information content (AvgIpc) is 3.03. The van der Waals surface area contributed by atoms with Crippen LogP contribution in [0.3, 0.4) is 0 Å². The fourth-order valence-corrected chi connectivity index (χ4v) is 5.01. The fraction of sp³-hybridized carbons (Fsp3) is 0.167. The van der Waals surface area contributed by atoms with Crippen LogP contribution in [0.5, 0.6) is 5.75 Å². The number of sulfone groups is 1. The first-order valence-electron chi connectivity index (χ1n) is 7.71. The number of hydrogen-bond donors (Lipinski definition) is 2. The Bertz CT molecular complexity index is 1160. The third-order valence-corrected chi connectivity index (χ3v) is 7.12. The SMILES string of the molecule is COc1ccc(Cl)cc1S(=O)(=O)[C@@](C)(C(=O)O)c1c[nH]c2ccc(F)cc12. The highest BCUT2D eigenvalue weighted by atomic mass is 35.5. The number of hydrogen-bond acceptors (Lipinski definition) is 4. The Morgan fingerprint density at radius 3 is 2.59 bits per heavy atom. The zero-order valence-electron chi connectivity index (χ0n) is 14.3. The molecule has 1 heterocycles. The lowest BCUT2D eigenvalue weighted by atomic mass is 9.99. The molecule has 0 radical (unpaired) electrons. The lowest BCUT2D eigenvalue weighted by Gasteiger charge is -2.26. The maximum atomic E-state index is 13.7. The summed E-state index contributed by atoms with van der Waals surface area (Å²) in [6.45, 7) is 1.05. The number of H-pyrrole nitrogens is 1. The van der Waals surface area contributed by atoms with E-state index in [1.54, 1.807) is 0 Å². The zero-order valence-corrected chi connectivity index (χ0v) is 15.9. The maximum Gasteiger partial charge on any atom is 0.329 e. The monoisotopic (exact) mass is 411 g/mol. The van der Waals surface area contributed by atoms with Gasteiger partial charge in [0.25, 0.3) is 0 Å². The van der Waals surface area contributed by atoms with Gasteiger partial charge in [0.2, 0.25) is 9.84 Å². The summed E-state index contributed by atoms with van der Waals surface area (Å²) >= 11 is 5.93. The molecule has 3 rings (SSSR count). The highest BCUT2D eigenvalue weighted by molar-refractivity contribution is 7.93. The van der Waals surface area contributed by atoms with Crippen molar-refractivity contribution >= 4 is 38.3 Å². The summed E-state index contributed by atoms with van der Waals surface area (Å²) in [6.07, 6.45) is 1.26. The molecule has 1 aromatic heterocycles. The quantitative estimate of drug-likeness (QED) is 0.666. The summed E-state index contributed by atoms with van der Waals surface area (Å²) in [7, 11) is -3.28. The molecule has 0 aliphatic carbocycles. The van der Waals surface area contributed by atoms with E-state index in [2.05, 4.69) is 4.98 Å². The van der Waals surface area contributed by atoms with Gasteiger partial charge in [0.15, 0.2) is 4.75 Å². The smallest absolute Gasteiger partial charge is 0.329 e. The number of nitrogens with one attached hydrogen (secondary N) is 1. The summed E-state index contributed by atoms with van der Waals surface area (Å²) in [6, 6.07) is 7.59. The van der Waals surface area contributed by atoms with Crippen LogP contribution in [-0.2, 0) is 19.4 Å². The van der Waals surface area contributed by atoms with Crippen LogP contribution < -0.4 is 4.74 Å². The number of halogens is 2. The summed E-state index contributed by atoms with van der Waals surface area (Å²) in [5.41, 5.74) is 0.318. The first kappa shape index (κ1) is 19.2. The van der Waals surface area contributed by atoms with Crippen molar-refractivity contribution in [3.05, 3.63) is 59.0 Å². The topological polar surface area (TPSA) is 96.5 Å². The van der Waals surface area contributed by atoms with Gasteiger partial charge in [-0.3, -0.25) is 4.79 Å². The minimum absolute atomic E-state index is 0.0436. The number of aromatic nitrogens is 1. The number of aromatic amines is 1. The van der Waals surface area contributed by atoms with Gasteiger partial charge in [0.1, 0.15) is 16.5 Å². The molecule has 3 aromatic rings. The Hall–Kier alpha value is -2.58. The number of carboxylic acids is 1. The molecule has 0 unspecified atom stereocenters. The van der Waals surface area contributed by atoms with Crippen molar-refractivity contribution in [2.24, 2.45) is 0 Å². The van der Waals surface area contributed by atoms with E-state index in [4.69, 9.17) is 16.3 Å². The Morgan fingerprint density at radius 2 is 1.96 bits per heavy atom. The molecule has 0 saturated carbocycles. The highest BCUT2D eigenvalue weighted by Gasteiger charge is 2.51. The van der Waals surface area contributed by atoms with Gasteiger partial charge in [0.05, 0.1) is 7.11 Å². The number of aliphatic carboxylic acids is 1. The summed E-state index contributed by atoms with van der Waals surface area (Å²) in [4.78, 5) is 14.6. The van der Waals surface area contributed by atoms with Gasteiger partial charge < -0.3 is 14.8 Å². The number of rotatable bonds is 5. The minimum Gasteiger partial charge on any atom is -0.495 e. The second-order valence-electron chi connectivity index (χ2n) is 6.03. The van der Waals surface area contributed by atoms with Gasteiger partial charge in [-0.25, -0.2) is 12.8 Å². The number of benzene rings is 2. The molecule has 9 heteroatoms. The molecule has 2 aromatic carbocycles. The normalized spacial score (nSPS) is 14.1. The van der Waals surface area contributed by atoms with E-state index < -0.39 is 26.4 Å². The molecular formula is C18H15ClFNO5S. The van der Waals surface area contributed by atoms with Crippen LogP contribution >= 0.6 is 11.6 Å². The van der Waals surface area contributed by atoms with Gasteiger partial charge >= 0.3 is 5.97 Å². The van der Waals surface area contributed by atoms with Gasteiger partial charge in [0, 0.05) is 27.7 Å². The fourth-order valence-electron chi connectivity index (χ4n) is 2.94. The van der Waals surface area contributed by atoms with Gasteiger partial charge in [-0.2, -0.15) is 0 Å². The molecule has 142 valence electrons. The highest BCUT2D eigenvalue weighted by Crippen LogP contribution is 2.42. The molecule has 2 N–H and O–H groups in total. The van der Waals surface area contributed by atoms with E-state index in [9.17, 15) is 22.7 Å². The largest absolute Gasteiger partial charge is 0.495 e. The molecule has 27 heavy (non-hydrogen) atoms. The molecule has 0 aliphatic heterocycles. The molecule has 0 bridgehead atoms. The van der Waals surface area contributed by atoms with Crippen molar-refractivity contribution in [1.82, 2.24) is 4.98 Å². The van der Waals surface area contributed by atoms with Crippen molar-refractivity contribution in [1.29, 1.82) is 0 Å². The lowest BCUT2D eigenvalue weighted by molar-refractivity contribution is -0.139. The van der Waals surface area contributed by atoms with Crippen LogP contribution in [-0.4, -0.2) is 31.6 Å². The number of ether oxygens (including phenoxy) is 1. The number of carbonyl (C=O) groups is 1. The van der Waals surface area contributed by atoms with E-state index in [-0.39, 0.29) is 26.6 Å². The van der Waals surface area contributed by atoms with Crippen molar-refractivity contribution in [2.75, 3.05) is 7.11 Å². The van der Waals surface area contributed by atoms with Crippen LogP contribution in [0, 0.1) is 5.82 Å². The first-order chi connectivity index (χ1) is 12.6. The van der Waals surface area contributed by atoms with E-state index in [1.807, 2.05) is 0 Å². The van der Waals surface area contributed by atoms with Crippen LogP contribution in [0.25, 0.3) is 10.9 Å². The van der Waals surface area contributed by atoms with Crippen LogP contribution in [0.1, 0.15) is 12.5 Å². The summed E-state index contributed by atoms with van der Waals surface area (Å²) in [5.74, 6) is -2.28. The molecule has 0 saturated heterocycles. The Morgan fingerprint density at radius 1 is 1.26 bits per heavy atom. The number of fused-ring (bicyclic) bond motifs is 1. The average molecular weight is 412 g/mol. The standard InChI is InChI=1S/C18H15ClFNO5S/c1-18(17(22)23,13-9-21-14-5-4-11(20)8-12(13)14)27(24,25)16-7-10(19)3-6-15(16)26-2/h3-9,21H,1-2H3,(H,22,23)/t18-/m1/s1. The number of methoxy groups -OCH3 is 1. The van der Waals surface area contributed by atoms with Crippen molar-refractivity contribution in [3.63, 3.8) is 0 Å².